The van der Waals surface area contributed by atoms with Crippen molar-refractivity contribution in [2.45, 2.75) is 270 Å². The van der Waals surface area contributed by atoms with Crippen LogP contribution >= 0.6 is 7.82 Å². The van der Waals surface area contributed by atoms with Gasteiger partial charge >= 0.3 is 7.82 Å². The lowest BCUT2D eigenvalue weighted by Crippen LogP contribution is -2.46. The molecule has 0 aromatic rings. The standard InChI is InChI=1S/C61H113N2O6P/c1-6-8-10-12-14-16-18-20-22-24-25-26-27-28-29-30-31-32-33-34-35-36-37-39-41-43-45-47-49-51-53-55-61(65)62-59(58-69-70(66,67)68-57-56-63(3,4)5)60(64)54-52-50-48-46-44-42-40-38-23-21-19-17-15-13-11-9-7-2/h8,10,14,16,20,22,25-26,28-29,31-32,59-60,64H,6-7,9,11-13,15,17-19,21,23-24,27,30,33-58H2,1-5H3,(H-,62,65,66,67)/p+1/b10-8-,16-14-,22-20-,26-25-,29-28-,32-31-. The Bertz CT molecular complexity index is 1370. The van der Waals surface area contributed by atoms with Crippen LogP contribution in [0.5, 0.6) is 0 Å². The summed E-state index contributed by atoms with van der Waals surface area (Å²) in [6.45, 7) is 4.79. The number of rotatable bonds is 53. The summed E-state index contributed by atoms with van der Waals surface area (Å²) in [5.74, 6) is -0.147. The summed E-state index contributed by atoms with van der Waals surface area (Å²) in [6.07, 6.45) is 71.0. The van der Waals surface area contributed by atoms with Gasteiger partial charge in [0.05, 0.1) is 39.9 Å². The normalized spacial score (nSPS) is 14.4. The molecule has 3 unspecified atom stereocenters. The minimum absolute atomic E-state index is 0.0724. The van der Waals surface area contributed by atoms with Gasteiger partial charge < -0.3 is 19.8 Å². The van der Waals surface area contributed by atoms with Crippen LogP contribution in [-0.2, 0) is 18.4 Å². The number of likely N-dealkylation sites (N-methyl/N-ethyl adjacent to an activating group) is 1. The van der Waals surface area contributed by atoms with Crippen LogP contribution in [0.4, 0.5) is 0 Å². The Labute approximate surface area is 434 Å². The Hall–Kier alpha value is -2.06. The second-order valence-electron chi connectivity index (χ2n) is 21.0. The smallest absolute Gasteiger partial charge is 0.391 e. The van der Waals surface area contributed by atoms with E-state index in [1.165, 1.54) is 154 Å². The molecular formula is C61H114N2O6P+. The molecule has 408 valence electrons. The summed E-state index contributed by atoms with van der Waals surface area (Å²) < 4.78 is 23.8. The molecule has 0 radical (unpaired) electrons. The third kappa shape index (κ3) is 53.7. The lowest BCUT2D eigenvalue weighted by molar-refractivity contribution is -0.870. The van der Waals surface area contributed by atoms with Crippen molar-refractivity contribution in [2.75, 3.05) is 40.9 Å². The van der Waals surface area contributed by atoms with Crippen molar-refractivity contribution in [2.24, 2.45) is 0 Å². The predicted octanol–water partition coefficient (Wildman–Crippen LogP) is 17.9. The molecular weight excluding hydrogens is 888 g/mol. The highest BCUT2D eigenvalue weighted by Gasteiger charge is 2.28. The molecule has 3 atom stereocenters. The van der Waals surface area contributed by atoms with Crippen molar-refractivity contribution in [3.63, 3.8) is 0 Å². The number of phosphoric ester groups is 1. The second-order valence-corrected chi connectivity index (χ2v) is 22.4. The minimum atomic E-state index is -4.33. The zero-order valence-electron chi connectivity index (χ0n) is 46.5. The van der Waals surface area contributed by atoms with Crippen molar-refractivity contribution in [3.8, 4) is 0 Å². The molecule has 9 heteroatoms. The number of hydrogen-bond acceptors (Lipinski definition) is 5. The first-order valence-electron chi connectivity index (χ1n) is 29.3. The van der Waals surface area contributed by atoms with Crippen LogP contribution in [0.1, 0.15) is 258 Å². The summed E-state index contributed by atoms with van der Waals surface area (Å²) in [7, 11) is 1.61. The van der Waals surface area contributed by atoms with Gasteiger partial charge in [0.1, 0.15) is 13.2 Å². The van der Waals surface area contributed by atoms with Gasteiger partial charge in [0.2, 0.25) is 5.91 Å². The SMILES string of the molecule is CC/C=C\C/C=C\C/C=C\C/C=C\C/C=C\C/C=C\CCCCCCCCCCCCCCC(=O)NC(COP(=O)(O)OCC[N+](C)(C)C)C(O)CCCCCCCCCCCCCCCCCCC. The van der Waals surface area contributed by atoms with Crippen molar-refractivity contribution >= 4 is 13.7 Å². The highest BCUT2D eigenvalue weighted by Crippen LogP contribution is 2.43. The van der Waals surface area contributed by atoms with E-state index in [0.717, 1.165) is 77.0 Å². The fourth-order valence-electron chi connectivity index (χ4n) is 8.40. The van der Waals surface area contributed by atoms with Crippen molar-refractivity contribution in [1.29, 1.82) is 0 Å². The van der Waals surface area contributed by atoms with E-state index in [1.807, 2.05) is 21.1 Å². The van der Waals surface area contributed by atoms with E-state index in [2.05, 4.69) is 92.1 Å². The maximum atomic E-state index is 13.0. The van der Waals surface area contributed by atoms with Crippen LogP contribution in [0, 0.1) is 0 Å². The molecule has 0 aliphatic rings. The van der Waals surface area contributed by atoms with E-state index in [9.17, 15) is 19.4 Å². The number of nitrogens with zero attached hydrogens (tertiary/aromatic N) is 1. The van der Waals surface area contributed by atoms with Gasteiger partial charge in [0.25, 0.3) is 0 Å². The lowest BCUT2D eigenvalue weighted by Gasteiger charge is -2.26. The van der Waals surface area contributed by atoms with E-state index < -0.39 is 20.0 Å². The van der Waals surface area contributed by atoms with Crippen LogP contribution in [0.15, 0.2) is 72.9 Å². The van der Waals surface area contributed by atoms with Crippen molar-refractivity contribution in [1.82, 2.24) is 5.32 Å². The maximum Gasteiger partial charge on any atom is 0.472 e. The molecule has 70 heavy (non-hydrogen) atoms. The number of quaternary nitrogens is 1. The van der Waals surface area contributed by atoms with E-state index in [0.29, 0.717) is 23.9 Å². The molecule has 0 bridgehead atoms. The van der Waals surface area contributed by atoms with E-state index >= 15 is 0 Å². The molecule has 0 aromatic heterocycles. The molecule has 8 nitrogen and oxygen atoms in total. The molecule has 0 fully saturated rings. The van der Waals surface area contributed by atoms with Crippen LogP contribution in [0.2, 0.25) is 0 Å². The van der Waals surface area contributed by atoms with E-state index in [4.69, 9.17) is 9.05 Å². The summed E-state index contributed by atoms with van der Waals surface area (Å²) in [5, 5.41) is 14.1. The Morgan fingerprint density at radius 1 is 0.500 bits per heavy atom. The Morgan fingerprint density at radius 2 is 0.857 bits per heavy atom. The maximum absolute atomic E-state index is 13.0. The topological polar surface area (TPSA) is 105 Å². The number of amides is 1. The first kappa shape index (κ1) is 67.9. The monoisotopic (exact) mass is 1000 g/mol. The summed E-state index contributed by atoms with van der Waals surface area (Å²) in [6, 6.07) is -0.765. The van der Waals surface area contributed by atoms with Crippen LogP contribution in [0.3, 0.4) is 0 Å². The zero-order valence-corrected chi connectivity index (χ0v) is 47.4. The Balaban J connectivity index is 4.13. The average molecular weight is 1000 g/mol. The van der Waals surface area contributed by atoms with Gasteiger partial charge in [-0.2, -0.15) is 0 Å². The summed E-state index contributed by atoms with van der Waals surface area (Å²) in [5.41, 5.74) is 0. The number of aliphatic hydroxyl groups excluding tert-OH is 1. The number of phosphoric acid groups is 1. The lowest BCUT2D eigenvalue weighted by atomic mass is 10.0. The fraction of sp³-hybridized carbons (Fsp3) is 0.787. The molecule has 0 rings (SSSR count). The van der Waals surface area contributed by atoms with Gasteiger partial charge in [-0.1, -0.05) is 260 Å². The number of unbranched alkanes of at least 4 members (excludes halogenated alkanes) is 28. The Kier molecular flexibility index (Phi) is 50.3. The molecule has 0 saturated heterocycles. The van der Waals surface area contributed by atoms with E-state index in [-0.39, 0.29) is 19.1 Å². The third-order valence-electron chi connectivity index (χ3n) is 13.0. The number of hydrogen-bond donors (Lipinski definition) is 3. The van der Waals surface area contributed by atoms with Crippen molar-refractivity contribution in [3.05, 3.63) is 72.9 Å². The zero-order chi connectivity index (χ0) is 51.3. The number of carbonyl (C=O) groups is 1. The molecule has 3 N–H and O–H groups in total. The summed E-state index contributed by atoms with van der Waals surface area (Å²) in [4.78, 5) is 23.3. The fourth-order valence-corrected chi connectivity index (χ4v) is 9.14. The molecule has 0 saturated carbocycles. The highest BCUT2D eigenvalue weighted by molar-refractivity contribution is 7.47. The number of allylic oxidation sites excluding steroid dienone is 12. The first-order chi connectivity index (χ1) is 34.0. The van der Waals surface area contributed by atoms with Gasteiger partial charge in [-0.3, -0.25) is 13.8 Å². The van der Waals surface area contributed by atoms with Crippen LogP contribution < -0.4 is 5.32 Å². The number of nitrogens with one attached hydrogen (secondary N) is 1. The predicted molar refractivity (Wildman–Crippen MR) is 304 cm³/mol. The molecule has 0 aliphatic carbocycles. The number of aliphatic hydroxyl groups is 1. The minimum Gasteiger partial charge on any atom is -0.391 e. The van der Waals surface area contributed by atoms with Gasteiger partial charge in [-0.05, 0) is 64.2 Å². The van der Waals surface area contributed by atoms with Gasteiger partial charge in [0.15, 0.2) is 0 Å². The Morgan fingerprint density at radius 3 is 1.26 bits per heavy atom. The van der Waals surface area contributed by atoms with Crippen molar-refractivity contribution < 1.29 is 32.9 Å². The summed E-state index contributed by atoms with van der Waals surface area (Å²) >= 11 is 0. The molecule has 0 spiro atoms. The average Bonchev–Trinajstić information content (AvgIpc) is 3.32. The molecule has 0 heterocycles. The van der Waals surface area contributed by atoms with E-state index in [1.54, 1.807) is 0 Å². The van der Waals surface area contributed by atoms with Gasteiger partial charge in [0, 0.05) is 6.42 Å². The second kappa shape index (κ2) is 51.8. The number of carbonyl (C=O) groups excluding carboxylic acids is 1. The van der Waals surface area contributed by atoms with Crippen LogP contribution in [-0.4, -0.2) is 73.4 Å². The highest BCUT2D eigenvalue weighted by atomic mass is 31.2. The molecule has 0 aliphatic heterocycles. The van der Waals surface area contributed by atoms with Gasteiger partial charge in [-0.25, -0.2) is 4.57 Å². The molecule has 1 amide bonds. The molecule has 0 aromatic carbocycles. The third-order valence-corrected chi connectivity index (χ3v) is 14.0. The van der Waals surface area contributed by atoms with Gasteiger partial charge in [-0.15, -0.1) is 0 Å². The van der Waals surface area contributed by atoms with Crippen LogP contribution in [0.25, 0.3) is 0 Å². The quantitative estimate of drug-likeness (QED) is 0.0243. The first-order valence-corrected chi connectivity index (χ1v) is 30.8. The largest absolute Gasteiger partial charge is 0.472 e.